The van der Waals surface area contributed by atoms with Gasteiger partial charge in [0.05, 0.1) is 32.6 Å². The van der Waals surface area contributed by atoms with Crippen LogP contribution < -0.4 is 5.73 Å². The lowest BCUT2D eigenvalue weighted by Crippen LogP contribution is -2.55. The van der Waals surface area contributed by atoms with Crippen molar-refractivity contribution < 1.29 is 24.1 Å². The van der Waals surface area contributed by atoms with E-state index in [-0.39, 0.29) is 31.3 Å². The molecule has 0 spiro atoms. The van der Waals surface area contributed by atoms with E-state index < -0.39 is 23.6 Å². The fraction of sp³-hybridized carbons (Fsp3) is 0.303. The lowest BCUT2D eigenvalue weighted by Gasteiger charge is -2.39. The second-order valence-electron chi connectivity index (χ2n) is 10.8. The molecule has 0 aliphatic carbocycles. The van der Waals surface area contributed by atoms with Gasteiger partial charge in [-0.05, 0) is 29.9 Å². The van der Waals surface area contributed by atoms with Crippen molar-refractivity contribution in [2.75, 3.05) is 18.6 Å². The molecule has 228 valence electrons. The van der Waals surface area contributed by atoms with Crippen LogP contribution in [0.15, 0.2) is 102 Å². The molecule has 3 N–H and O–H groups in total. The van der Waals surface area contributed by atoms with E-state index in [2.05, 4.69) is 15.1 Å². The predicted octanol–water partition coefficient (Wildman–Crippen LogP) is 4.75. The highest BCUT2D eigenvalue weighted by molar-refractivity contribution is 7.98. The van der Waals surface area contributed by atoms with Crippen molar-refractivity contribution in [2.24, 2.45) is 0 Å². The quantitative estimate of drug-likeness (QED) is 0.190. The Hall–Kier alpha value is -3.84. The Morgan fingerprint density at radius 1 is 0.909 bits per heavy atom. The minimum absolute atomic E-state index is 0.130. The van der Waals surface area contributed by atoms with Crippen LogP contribution in [0.4, 0.5) is 5.82 Å². The fourth-order valence-electron chi connectivity index (χ4n) is 5.46. The smallest absolute Gasteiger partial charge is 0.244 e. The van der Waals surface area contributed by atoms with Gasteiger partial charge in [-0.2, -0.15) is 0 Å². The van der Waals surface area contributed by atoms with Crippen LogP contribution in [-0.2, 0) is 44.6 Å². The van der Waals surface area contributed by atoms with Crippen molar-refractivity contribution in [2.45, 2.75) is 55.5 Å². The van der Waals surface area contributed by atoms with Gasteiger partial charge < -0.3 is 29.8 Å². The molecule has 2 aromatic heterocycles. The average molecular weight is 614 g/mol. The zero-order valence-corrected chi connectivity index (χ0v) is 25.4. The van der Waals surface area contributed by atoms with E-state index in [1.54, 1.807) is 6.92 Å². The Kier molecular flexibility index (Phi) is 8.94. The molecule has 0 saturated carbocycles. The van der Waals surface area contributed by atoms with Crippen molar-refractivity contribution in [1.82, 2.24) is 19.6 Å². The second kappa shape index (κ2) is 13.0. The molecule has 0 amide bonds. The highest BCUT2D eigenvalue weighted by atomic mass is 32.2. The summed E-state index contributed by atoms with van der Waals surface area (Å²) in [4.78, 5) is 8.75. The second-order valence-corrected chi connectivity index (χ2v) is 11.5. The zero-order chi connectivity index (χ0) is 30.6. The number of thioether (sulfide) groups is 1. The van der Waals surface area contributed by atoms with Crippen LogP contribution in [0.3, 0.4) is 0 Å². The van der Waals surface area contributed by atoms with E-state index in [1.807, 2.05) is 97.3 Å². The van der Waals surface area contributed by atoms with Crippen LogP contribution in [0.5, 0.6) is 0 Å². The number of nitrogens with zero attached hydrogens (tertiary/aromatic N) is 4. The molecule has 5 aromatic rings. The maximum absolute atomic E-state index is 12.7. The molecule has 1 aliphatic rings. The number of fused-ring (bicyclic) bond motifs is 1. The average Bonchev–Trinajstić information content (AvgIpc) is 3.58. The minimum atomic E-state index is -2.07. The van der Waals surface area contributed by atoms with Gasteiger partial charge in [0.25, 0.3) is 0 Å². The molecule has 11 heteroatoms. The lowest BCUT2D eigenvalue weighted by atomic mass is 9.87. The van der Waals surface area contributed by atoms with Crippen LogP contribution >= 0.6 is 11.8 Å². The van der Waals surface area contributed by atoms with Gasteiger partial charge in [-0.15, -0.1) is 5.10 Å². The number of hydrogen-bond acceptors (Lipinski definition) is 10. The van der Waals surface area contributed by atoms with E-state index in [9.17, 15) is 5.11 Å². The third-order valence-corrected chi connectivity index (χ3v) is 8.36. The van der Waals surface area contributed by atoms with Crippen LogP contribution in [0.2, 0.25) is 0 Å². The third-order valence-electron chi connectivity index (χ3n) is 7.82. The van der Waals surface area contributed by atoms with Gasteiger partial charge in [-0.1, -0.05) is 103 Å². The van der Waals surface area contributed by atoms with Crippen molar-refractivity contribution in [3.63, 3.8) is 0 Å². The lowest BCUT2D eigenvalue weighted by molar-refractivity contribution is -0.294. The normalized spacial score (nSPS) is 23.3. The first kappa shape index (κ1) is 30.2. The van der Waals surface area contributed by atoms with E-state index >= 15 is 0 Å². The van der Waals surface area contributed by atoms with E-state index in [1.165, 1.54) is 22.5 Å². The largest absolute Gasteiger partial charge is 0.380 e. The molecule has 1 fully saturated rings. The van der Waals surface area contributed by atoms with Crippen LogP contribution in [0.25, 0.3) is 5.65 Å². The van der Waals surface area contributed by atoms with Crippen molar-refractivity contribution in [1.29, 1.82) is 0 Å². The van der Waals surface area contributed by atoms with Crippen molar-refractivity contribution in [3.05, 3.63) is 120 Å². The first-order valence-corrected chi connectivity index (χ1v) is 15.5. The molecule has 10 nitrogen and oxygen atoms in total. The maximum atomic E-state index is 12.7. The first-order valence-electron chi connectivity index (χ1n) is 14.3. The van der Waals surface area contributed by atoms with Gasteiger partial charge in [0, 0.05) is 0 Å². The van der Waals surface area contributed by atoms with Gasteiger partial charge >= 0.3 is 0 Å². The molecule has 0 bridgehead atoms. The van der Waals surface area contributed by atoms with Gasteiger partial charge in [0.1, 0.15) is 17.9 Å². The van der Waals surface area contributed by atoms with Gasteiger partial charge in [0.2, 0.25) is 10.9 Å². The Morgan fingerprint density at radius 3 is 2.11 bits per heavy atom. The number of anilines is 1. The number of ether oxygens (including phenoxy) is 4. The SMILES string of the molecule is CSc1nc(N)c2ncc([C@]3(O)O[C@H](COCc4ccccc4)[C@@H](OCc4ccccc4)[C@@]3(C)OCc3ccccc3)n2n1. The Bertz CT molecular complexity index is 1680. The standard InChI is InChI=1S/C33H35N5O5S/c1-32(42-21-25-16-10-5-11-17-25)28(41-20-24-14-8-4-9-15-24)26(22-40-19-23-12-6-3-7-13-23)43-33(32,39)27-18-35-30-29(34)36-31(44-2)37-38(27)30/h3-18,26,28,39H,19-22H2,1-2H3,(H2,34,36,37)/t26-,28-,32-,33+/m1/s1. The maximum Gasteiger partial charge on any atom is 0.244 e. The molecular formula is C33H35N5O5S. The van der Waals surface area contributed by atoms with Gasteiger partial charge in [-0.3, -0.25) is 0 Å². The Labute approximate surface area is 260 Å². The number of aliphatic hydroxyl groups is 1. The molecule has 0 unspecified atom stereocenters. The number of aromatic nitrogens is 4. The summed E-state index contributed by atoms with van der Waals surface area (Å²) in [6.45, 7) is 2.74. The molecule has 1 aliphatic heterocycles. The van der Waals surface area contributed by atoms with Crippen LogP contribution in [0.1, 0.15) is 29.3 Å². The van der Waals surface area contributed by atoms with E-state index in [0.717, 1.165) is 16.7 Å². The Balaban J connectivity index is 1.40. The number of nitrogens with two attached hydrogens (primary N) is 1. The van der Waals surface area contributed by atoms with Crippen LogP contribution in [-0.4, -0.2) is 55.4 Å². The first-order chi connectivity index (χ1) is 21.4. The number of hydrogen-bond donors (Lipinski definition) is 2. The van der Waals surface area contributed by atoms with E-state index in [4.69, 9.17) is 24.7 Å². The molecule has 6 rings (SSSR count). The summed E-state index contributed by atoms with van der Waals surface area (Å²) in [6.07, 6.45) is 1.85. The minimum Gasteiger partial charge on any atom is -0.380 e. The van der Waals surface area contributed by atoms with E-state index in [0.29, 0.717) is 17.4 Å². The fourth-order valence-corrected chi connectivity index (χ4v) is 5.82. The molecule has 1 saturated heterocycles. The summed E-state index contributed by atoms with van der Waals surface area (Å²) in [6, 6.07) is 29.5. The molecule has 0 radical (unpaired) electrons. The summed E-state index contributed by atoms with van der Waals surface area (Å²) in [7, 11) is 0. The molecule has 3 heterocycles. The monoisotopic (exact) mass is 613 g/mol. The van der Waals surface area contributed by atoms with Crippen molar-refractivity contribution in [3.8, 4) is 0 Å². The number of benzene rings is 3. The number of rotatable bonds is 12. The third kappa shape index (κ3) is 5.94. The molecular weight excluding hydrogens is 578 g/mol. The van der Waals surface area contributed by atoms with Gasteiger partial charge in [-0.25, -0.2) is 14.5 Å². The van der Waals surface area contributed by atoms with Gasteiger partial charge in [0.15, 0.2) is 17.1 Å². The Morgan fingerprint density at radius 2 is 1.50 bits per heavy atom. The summed E-state index contributed by atoms with van der Waals surface area (Å²) in [5.74, 6) is -1.89. The molecule has 44 heavy (non-hydrogen) atoms. The summed E-state index contributed by atoms with van der Waals surface area (Å²) >= 11 is 1.33. The van der Waals surface area contributed by atoms with Crippen molar-refractivity contribution >= 4 is 23.2 Å². The zero-order valence-electron chi connectivity index (χ0n) is 24.6. The summed E-state index contributed by atoms with van der Waals surface area (Å²) in [5.41, 5.74) is 8.23. The number of nitrogen functional groups attached to an aromatic ring is 1. The predicted molar refractivity (Wildman–Crippen MR) is 166 cm³/mol. The molecule has 4 atom stereocenters. The van der Waals surface area contributed by atoms with Crippen LogP contribution in [0, 0.1) is 0 Å². The summed E-state index contributed by atoms with van der Waals surface area (Å²) < 4.78 is 27.5. The highest BCUT2D eigenvalue weighted by Gasteiger charge is 2.67. The number of imidazole rings is 1. The topological polar surface area (TPSA) is 126 Å². The molecule has 3 aromatic carbocycles. The highest BCUT2D eigenvalue weighted by Crippen LogP contribution is 2.49. The summed E-state index contributed by atoms with van der Waals surface area (Å²) in [5, 5.41) is 17.7.